The Morgan fingerprint density at radius 1 is 1.42 bits per heavy atom. The average molecular weight is 281 g/mol. The average Bonchev–Trinajstić information content (AvgIpc) is 2.87. The summed E-state index contributed by atoms with van der Waals surface area (Å²) in [5.74, 6) is -1.36. The smallest absolute Gasteiger partial charge is 0.308 e. The van der Waals surface area contributed by atoms with Crippen molar-refractivity contribution >= 4 is 23.2 Å². The van der Waals surface area contributed by atoms with Crippen molar-refractivity contribution in [3.8, 4) is 0 Å². The molecule has 1 aliphatic carbocycles. The number of thiophene rings is 1. The molecule has 0 unspecified atom stereocenters. The van der Waals surface area contributed by atoms with Crippen LogP contribution in [-0.4, -0.2) is 23.0 Å². The van der Waals surface area contributed by atoms with Gasteiger partial charge in [0, 0.05) is 6.04 Å². The van der Waals surface area contributed by atoms with E-state index in [9.17, 15) is 14.7 Å². The van der Waals surface area contributed by atoms with E-state index in [0.717, 1.165) is 36.1 Å². The molecule has 19 heavy (non-hydrogen) atoms. The van der Waals surface area contributed by atoms with Crippen LogP contribution in [0.2, 0.25) is 0 Å². The van der Waals surface area contributed by atoms with E-state index in [4.69, 9.17) is 0 Å². The first kappa shape index (κ1) is 14.1. The van der Waals surface area contributed by atoms with Gasteiger partial charge in [-0.3, -0.25) is 9.59 Å². The largest absolute Gasteiger partial charge is 0.481 e. The highest BCUT2D eigenvalue weighted by atomic mass is 32.1. The predicted molar refractivity (Wildman–Crippen MR) is 74.5 cm³/mol. The summed E-state index contributed by atoms with van der Waals surface area (Å²) < 4.78 is 0. The molecule has 2 N–H and O–H groups in total. The molecular formula is C14H19NO3S. The number of amides is 1. The molecule has 2 rings (SSSR count). The van der Waals surface area contributed by atoms with E-state index in [1.165, 1.54) is 11.3 Å². The normalized spacial score (nSPS) is 23.0. The van der Waals surface area contributed by atoms with Crippen molar-refractivity contribution in [3.05, 3.63) is 21.9 Å². The molecule has 0 spiro atoms. The summed E-state index contributed by atoms with van der Waals surface area (Å²) in [5, 5.41) is 14.0. The highest BCUT2D eigenvalue weighted by molar-refractivity contribution is 7.12. The first-order chi connectivity index (χ1) is 9.13. The zero-order valence-electron chi connectivity index (χ0n) is 11.0. The summed E-state index contributed by atoms with van der Waals surface area (Å²) in [5.41, 5.74) is 1.03. The number of carboxylic acid groups (broad SMARTS) is 1. The van der Waals surface area contributed by atoms with E-state index < -0.39 is 11.9 Å². The number of aryl methyl sites for hydroxylation is 1. The molecule has 1 aromatic heterocycles. The molecule has 5 heteroatoms. The van der Waals surface area contributed by atoms with E-state index in [1.807, 2.05) is 18.4 Å². The van der Waals surface area contributed by atoms with Gasteiger partial charge in [-0.2, -0.15) is 0 Å². The van der Waals surface area contributed by atoms with Crippen LogP contribution in [0.4, 0.5) is 0 Å². The van der Waals surface area contributed by atoms with Crippen LogP contribution in [0, 0.1) is 5.92 Å². The van der Waals surface area contributed by atoms with Gasteiger partial charge in [0.15, 0.2) is 0 Å². The van der Waals surface area contributed by atoms with Crippen LogP contribution in [-0.2, 0) is 11.2 Å². The standard InChI is InChI=1S/C14H19NO3S/c1-2-9-7-8-19-12(9)13(16)15-11-6-4-3-5-10(11)14(17)18/h7-8,10-11H,2-6H2,1H3,(H,15,16)(H,17,18)/t10-,11-/m0/s1. The maximum atomic E-state index is 12.2. The van der Waals surface area contributed by atoms with Gasteiger partial charge in [0.1, 0.15) is 0 Å². The zero-order valence-corrected chi connectivity index (χ0v) is 11.8. The van der Waals surface area contributed by atoms with Crippen molar-refractivity contribution in [2.75, 3.05) is 0 Å². The number of hydrogen-bond acceptors (Lipinski definition) is 3. The summed E-state index contributed by atoms with van der Waals surface area (Å²) in [7, 11) is 0. The summed E-state index contributed by atoms with van der Waals surface area (Å²) >= 11 is 1.42. The van der Waals surface area contributed by atoms with Crippen LogP contribution >= 0.6 is 11.3 Å². The second kappa shape index (κ2) is 6.19. The maximum Gasteiger partial charge on any atom is 0.308 e. The number of rotatable bonds is 4. The third-order valence-electron chi connectivity index (χ3n) is 3.73. The molecule has 1 saturated carbocycles. The lowest BCUT2D eigenvalue weighted by Gasteiger charge is -2.29. The maximum absolute atomic E-state index is 12.2. The van der Waals surface area contributed by atoms with Crippen LogP contribution in [0.15, 0.2) is 11.4 Å². The third-order valence-corrected chi connectivity index (χ3v) is 4.69. The van der Waals surface area contributed by atoms with Crippen LogP contribution in [0.25, 0.3) is 0 Å². The van der Waals surface area contributed by atoms with Crippen LogP contribution < -0.4 is 5.32 Å². The molecule has 0 aliphatic heterocycles. The molecule has 1 aromatic rings. The van der Waals surface area contributed by atoms with Gasteiger partial charge in [0.05, 0.1) is 10.8 Å². The van der Waals surface area contributed by atoms with E-state index in [1.54, 1.807) is 0 Å². The van der Waals surface area contributed by atoms with Gasteiger partial charge in [-0.25, -0.2) is 0 Å². The Bertz CT molecular complexity index is 469. The van der Waals surface area contributed by atoms with Gasteiger partial charge in [-0.1, -0.05) is 19.8 Å². The van der Waals surface area contributed by atoms with Gasteiger partial charge < -0.3 is 10.4 Å². The summed E-state index contributed by atoms with van der Waals surface area (Å²) in [6.07, 6.45) is 4.16. The number of aliphatic carboxylic acids is 1. The SMILES string of the molecule is CCc1ccsc1C(=O)N[C@H]1CCCC[C@@H]1C(=O)O. The van der Waals surface area contributed by atoms with Crippen molar-refractivity contribution in [3.63, 3.8) is 0 Å². The summed E-state index contributed by atoms with van der Waals surface area (Å²) in [4.78, 5) is 24.2. The number of carbonyl (C=O) groups excluding carboxylic acids is 1. The lowest BCUT2D eigenvalue weighted by atomic mass is 9.84. The molecule has 1 aliphatic rings. The lowest BCUT2D eigenvalue weighted by molar-refractivity contribution is -0.143. The lowest BCUT2D eigenvalue weighted by Crippen LogP contribution is -2.45. The molecule has 1 fully saturated rings. The molecule has 104 valence electrons. The second-order valence-electron chi connectivity index (χ2n) is 4.94. The Labute approximate surface area is 116 Å². The minimum atomic E-state index is -0.799. The Morgan fingerprint density at radius 2 is 2.16 bits per heavy atom. The summed E-state index contributed by atoms with van der Waals surface area (Å²) in [6, 6.07) is 1.72. The van der Waals surface area contributed by atoms with Crippen LogP contribution in [0.3, 0.4) is 0 Å². The van der Waals surface area contributed by atoms with Crippen molar-refractivity contribution in [2.45, 2.75) is 45.1 Å². The van der Waals surface area contributed by atoms with Gasteiger partial charge in [-0.05, 0) is 36.3 Å². The molecule has 1 amide bonds. The molecule has 0 bridgehead atoms. The van der Waals surface area contributed by atoms with Crippen LogP contribution in [0.5, 0.6) is 0 Å². The molecule has 1 heterocycles. The van der Waals surface area contributed by atoms with Crippen molar-refractivity contribution < 1.29 is 14.7 Å². The number of nitrogens with one attached hydrogen (secondary N) is 1. The first-order valence-corrected chi connectivity index (χ1v) is 7.61. The van der Waals surface area contributed by atoms with E-state index in [-0.39, 0.29) is 11.9 Å². The highest BCUT2D eigenvalue weighted by Crippen LogP contribution is 2.26. The van der Waals surface area contributed by atoms with Gasteiger partial charge >= 0.3 is 5.97 Å². The number of carboxylic acids is 1. The molecular weight excluding hydrogens is 262 g/mol. The van der Waals surface area contributed by atoms with Crippen LogP contribution in [0.1, 0.15) is 47.8 Å². The topological polar surface area (TPSA) is 66.4 Å². The molecule has 4 nitrogen and oxygen atoms in total. The van der Waals surface area contributed by atoms with E-state index in [2.05, 4.69) is 5.32 Å². The number of hydrogen-bond donors (Lipinski definition) is 2. The number of carbonyl (C=O) groups is 2. The van der Waals surface area contributed by atoms with E-state index in [0.29, 0.717) is 6.42 Å². The fourth-order valence-electron chi connectivity index (χ4n) is 2.65. The quantitative estimate of drug-likeness (QED) is 0.891. The fraction of sp³-hybridized carbons (Fsp3) is 0.571. The third kappa shape index (κ3) is 3.15. The molecule has 0 radical (unpaired) electrons. The Kier molecular flexibility index (Phi) is 4.58. The second-order valence-corrected chi connectivity index (χ2v) is 5.85. The van der Waals surface area contributed by atoms with Gasteiger partial charge in [0.2, 0.25) is 0 Å². The Morgan fingerprint density at radius 3 is 2.84 bits per heavy atom. The Hall–Kier alpha value is -1.36. The monoisotopic (exact) mass is 281 g/mol. The van der Waals surface area contributed by atoms with Crippen molar-refractivity contribution in [1.82, 2.24) is 5.32 Å². The fourth-order valence-corrected chi connectivity index (χ4v) is 3.54. The van der Waals surface area contributed by atoms with Gasteiger partial charge in [-0.15, -0.1) is 11.3 Å². The molecule has 0 aromatic carbocycles. The Balaban J connectivity index is 2.07. The van der Waals surface area contributed by atoms with Crippen molar-refractivity contribution in [2.24, 2.45) is 5.92 Å². The minimum absolute atomic E-state index is 0.120. The zero-order chi connectivity index (χ0) is 13.8. The predicted octanol–water partition coefficient (Wildman–Crippen LogP) is 2.68. The molecule has 0 saturated heterocycles. The van der Waals surface area contributed by atoms with Gasteiger partial charge in [0.25, 0.3) is 5.91 Å². The van der Waals surface area contributed by atoms with Crippen molar-refractivity contribution in [1.29, 1.82) is 0 Å². The molecule has 2 atom stereocenters. The highest BCUT2D eigenvalue weighted by Gasteiger charge is 2.32. The summed E-state index contributed by atoms with van der Waals surface area (Å²) in [6.45, 7) is 2.01. The van der Waals surface area contributed by atoms with E-state index >= 15 is 0 Å². The minimum Gasteiger partial charge on any atom is -0.481 e. The first-order valence-electron chi connectivity index (χ1n) is 6.73.